The molecule has 120 valence electrons. The van der Waals surface area contributed by atoms with E-state index in [0.29, 0.717) is 10.6 Å². The Morgan fingerprint density at radius 1 is 1.35 bits per heavy atom. The molecule has 1 aromatic heterocycles. The van der Waals surface area contributed by atoms with Gasteiger partial charge in [-0.05, 0) is 42.7 Å². The van der Waals surface area contributed by atoms with Crippen LogP contribution in [-0.4, -0.2) is 21.0 Å². The second-order valence-corrected chi connectivity index (χ2v) is 5.99. The zero-order chi connectivity index (χ0) is 17.1. The van der Waals surface area contributed by atoms with Crippen molar-refractivity contribution < 1.29 is 14.5 Å². The van der Waals surface area contributed by atoms with Gasteiger partial charge in [-0.3, -0.25) is 19.7 Å². The maximum atomic E-state index is 12.5. The number of carbonyl (C=O) groups excluding carboxylic acids is 2. The lowest BCUT2D eigenvalue weighted by atomic mass is 9.95. The Bertz CT molecular complexity index is 773. The maximum Gasteiger partial charge on any atom is 0.327 e. The fourth-order valence-electron chi connectivity index (χ4n) is 1.99. The molecule has 0 saturated carbocycles. The molecule has 0 aliphatic carbocycles. The summed E-state index contributed by atoms with van der Waals surface area (Å²) >= 11 is 6.56. The molecule has 0 aliphatic heterocycles. The van der Waals surface area contributed by atoms with Gasteiger partial charge in [0.15, 0.2) is 10.8 Å². The van der Waals surface area contributed by atoms with Crippen LogP contribution in [0.4, 0.5) is 10.7 Å². The number of nitrogens with zero attached hydrogens (tertiary/aromatic N) is 2. The van der Waals surface area contributed by atoms with Crippen molar-refractivity contribution in [1.82, 2.24) is 4.37 Å². The summed E-state index contributed by atoms with van der Waals surface area (Å²) in [6, 6.07) is 6.24. The van der Waals surface area contributed by atoms with Crippen molar-refractivity contribution in [3.05, 3.63) is 50.7 Å². The molecule has 0 aliphatic rings. The van der Waals surface area contributed by atoms with Gasteiger partial charge in [0.05, 0.1) is 10.8 Å². The molecule has 0 radical (unpaired) electrons. The Morgan fingerprint density at radius 2 is 1.96 bits per heavy atom. The Labute approximate surface area is 140 Å². The van der Waals surface area contributed by atoms with Crippen LogP contribution in [0.5, 0.6) is 0 Å². The van der Waals surface area contributed by atoms with Crippen LogP contribution in [0.2, 0.25) is 5.02 Å². The summed E-state index contributed by atoms with van der Waals surface area (Å²) in [5, 5.41) is 14.2. The highest BCUT2D eigenvalue weighted by molar-refractivity contribution is 7.11. The Kier molecular flexibility index (Phi) is 5.07. The molecule has 1 N–H and O–H groups in total. The van der Waals surface area contributed by atoms with Crippen LogP contribution >= 0.6 is 23.1 Å². The smallest absolute Gasteiger partial charge is 0.311 e. The summed E-state index contributed by atoms with van der Waals surface area (Å²) in [5.41, 5.74) is 0.0639. The van der Waals surface area contributed by atoms with Gasteiger partial charge in [0, 0.05) is 17.5 Å². The van der Waals surface area contributed by atoms with Crippen LogP contribution in [0.1, 0.15) is 35.8 Å². The minimum atomic E-state index is -0.824. The molecule has 23 heavy (non-hydrogen) atoms. The lowest BCUT2D eigenvalue weighted by molar-refractivity contribution is -0.384. The molecule has 2 aromatic rings. The average molecular weight is 354 g/mol. The summed E-state index contributed by atoms with van der Waals surface area (Å²) in [4.78, 5) is 34.2. The highest BCUT2D eigenvalue weighted by Gasteiger charge is 2.32. The van der Waals surface area contributed by atoms with Crippen molar-refractivity contribution in [2.24, 2.45) is 0 Å². The van der Waals surface area contributed by atoms with Crippen molar-refractivity contribution in [3.8, 4) is 0 Å². The van der Waals surface area contributed by atoms with Crippen molar-refractivity contribution in [2.45, 2.75) is 19.8 Å². The van der Waals surface area contributed by atoms with E-state index in [9.17, 15) is 19.7 Å². The molecule has 1 atom stereocenters. The number of hydrogen-bond acceptors (Lipinski definition) is 6. The average Bonchev–Trinajstić information content (AvgIpc) is 2.89. The van der Waals surface area contributed by atoms with Gasteiger partial charge >= 0.3 is 5.69 Å². The summed E-state index contributed by atoms with van der Waals surface area (Å²) in [6.45, 7) is 2.78. The number of aromatic nitrogens is 1. The van der Waals surface area contributed by atoms with Gasteiger partial charge < -0.3 is 5.32 Å². The molecular weight excluding hydrogens is 342 g/mol. The summed E-state index contributed by atoms with van der Waals surface area (Å²) in [6.07, 6.45) is 0. The van der Waals surface area contributed by atoms with E-state index in [1.165, 1.54) is 13.8 Å². The van der Waals surface area contributed by atoms with E-state index in [1.54, 1.807) is 24.3 Å². The number of rotatable bonds is 5. The van der Waals surface area contributed by atoms with Gasteiger partial charge in [0.25, 0.3) is 0 Å². The molecule has 0 fully saturated rings. The highest BCUT2D eigenvalue weighted by atomic mass is 35.5. The molecule has 1 amide bonds. The number of carbonyl (C=O) groups is 2. The molecule has 7 nitrogen and oxygen atoms in total. The van der Waals surface area contributed by atoms with E-state index in [0.717, 1.165) is 11.5 Å². The topological polar surface area (TPSA) is 102 Å². The number of ketones is 1. The standard InChI is InChI=1S/C14H12ClN3O4S/c1-7(13(20)9-3-5-10(15)6-4-9)11-12(18(21)22)14(23-17-11)16-8(2)19/h3-7H,1-2H3,(H,16,19). The third kappa shape index (κ3) is 3.72. The number of halogens is 1. The Hall–Kier alpha value is -2.32. The minimum Gasteiger partial charge on any atom is -0.311 e. The second kappa shape index (κ2) is 6.84. The van der Waals surface area contributed by atoms with Crippen molar-refractivity contribution in [3.63, 3.8) is 0 Å². The summed E-state index contributed by atoms with van der Waals surface area (Å²) < 4.78 is 3.99. The van der Waals surface area contributed by atoms with Crippen LogP contribution < -0.4 is 5.32 Å². The number of nitro groups is 1. The molecule has 1 aromatic carbocycles. The van der Waals surface area contributed by atoms with Crippen LogP contribution in [0, 0.1) is 10.1 Å². The van der Waals surface area contributed by atoms with Crippen LogP contribution in [0.15, 0.2) is 24.3 Å². The zero-order valence-electron chi connectivity index (χ0n) is 12.2. The molecule has 2 rings (SSSR count). The van der Waals surface area contributed by atoms with Crippen molar-refractivity contribution in [2.75, 3.05) is 5.32 Å². The van der Waals surface area contributed by atoms with E-state index in [2.05, 4.69) is 9.69 Å². The number of anilines is 1. The first kappa shape index (κ1) is 17.0. The number of amides is 1. The van der Waals surface area contributed by atoms with E-state index in [-0.39, 0.29) is 22.2 Å². The van der Waals surface area contributed by atoms with Crippen LogP contribution in [0.25, 0.3) is 0 Å². The Morgan fingerprint density at radius 3 is 2.48 bits per heavy atom. The van der Waals surface area contributed by atoms with E-state index >= 15 is 0 Å². The van der Waals surface area contributed by atoms with Crippen LogP contribution in [0.3, 0.4) is 0 Å². The van der Waals surface area contributed by atoms with Gasteiger partial charge in [-0.1, -0.05) is 11.6 Å². The third-order valence-electron chi connectivity index (χ3n) is 3.10. The monoisotopic (exact) mass is 353 g/mol. The molecular formula is C14H12ClN3O4S. The lowest BCUT2D eigenvalue weighted by Crippen LogP contribution is -2.12. The van der Waals surface area contributed by atoms with Crippen molar-refractivity contribution >= 4 is 45.5 Å². The molecule has 0 spiro atoms. The number of nitrogens with one attached hydrogen (secondary N) is 1. The summed E-state index contributed by atoms with van der Waals surface area (Å²) in [5.74, 6) is -1.58. The molecule has 0 saturated heterocycles. The van der Waals surface area contributed by atoms with Gasteiger partial charge in [0.2, 0.25) is 5.91 Å². The van der Waals surface area contributed by atoms with Crippen molar-refractivity contribution in [1.29, 1.82) is 0 Å². The quantitative estimate of drug-likeness (QED) is 0.502. The number of benzene rings is 1. The maximum absolute atomic E-state index is 12.5. The van der Waals surface area contributed by atoms with Gasteiger partial charge in [-0.15, -0.1) is 0 Å². The third-order valence-corrected chi connectivity index (χ3v) is 4.12. The normalized spacial score (nSPS) is 11.8. The highest BCUT2D eigenvalue weighted by Crippen LogP contribution is 2.37. The fraction of sp³-hybridized carbons (Fsp3) is 0.214. The number of Topliss-reactive ketones (excluding diaryl/α,β-unsaturated/α-hetero) is 1. The largest absolute Gasteiger partial charge is 0.327 e. The predicted octanol–water partition coefficient (Wildman–Crippen LogP) is 3.65. The fourth-order valence-corrected chi connectivity index (χ4v) is 3.00. The second-order valence-electron chi connectivity index (χ2n) is 4.78. The lowest BCUT2D eigenvalue weighted by Gasteiger charge is -2.08. The molecule has 0 bridgehead atoms. The number of hydrogen-bond donors (Lipinski definition) is 1. The SMILES string of the molecule is CC(=O)Nc1snc(C(C)C(=O)c2ccc(Cl)cc2)c1[N+](=O)[O-]. The van der Waals surface area contributed by atoms with Gasteiger partial charge in [-0.2, -0.15) is 4.37 Å². The first-order valence-corrected chi connectivity index (χ1v) is 7.67. The zero-order valence-corrected chi connectivity index (χ0v) is 13.8. The molecule has 9 heteroatoms. The minimum absolute atomic E-state index is 0.0215. The van der Waals surface area contributed by atoms with Gasteiger partial charge in [0.1, 0.15) is 5.69 Å². The van der Waals surface area contributed by atoms with Gasteiger partial charge in [-0.25, -0.2) is 0 Å². The predicted molar refractivity (Wildman–Crippen MR) is 87.3 cm³/mol. The first-order valence-electron chi connectivity index (χ1n) is 6.52. The van der Waals surface area contributed by atoms with E-state index < -0.39 is 16.7 Å². The van der Waals surface area contributed by atoms with Crippen LogP contribution in [-0.2, 0) is 4.79 Å². The molecule has 1 unspecified atom stereocenters. The molecule has 1 heterocycles. The van der Waals surface area contributed by atoms with E-state index in [4.69, 9.17) is 11.6 Å². The Balaban J connectivity index is 2.38. The van der Waals surface area contributed by atoms with E-state index in [1.807, 2.05) is 0 Å². The summed E-state index contributed by atoms with van der Waals surface area (Å²) in [7, 11) is 0. The first-order chi connectivity index (χ1) is 10.8.